The minimum atomic E-state index is 0.00142. The molecule has 1 N–H and O–H groups in total. The molecule has 4 nitrogen and oxygen atoms in total. The van der Waals surface area contributed by atoms with E-state index in [2.05, 4.69) is 15.3 Å². The van der Waals surface area contributed by atoms with Gasteiger partial charge in [0.1, 0.15) is 5.01 Å². The Morgan fingerprint density at radius 2 is 1.96 bits per heavy atom. The highest BCUT2D eigenvalue weighted by Gasteiger charge is 2.08. The van der Waals surface area contributed by atoms with Crippen molar-refractivity contribution in [3.63, 3.8) is 0 Å². The summed E-state index contributed by atoms with van der Waals surface area (Å²) in [5.41, 5.74) is 1.90. The highest BCUT2D eigenvalue weighted by molar-refractivity contribution is 7.99. The van der Waals surface area contributed by atoms with Gasteiger partial charge in [-0.2, -0.15) is 0 Å². The number of thiazole rings is 1. The Balaban J connectivity index is 1.43. The second kappa shape index (κ2) is 8.61. The molecule has 0 atom stereocenters. The summed E-state index contributed by atoms with van der Waals surface area (Å²) in [5, 5.41) is 6.80. The molecular weight excluding hydrogens is 338 g/mol. The molecule has 0 unspecified atom stereocenters. The van der Waals surface area contributed by atoms with Gasteiger partial charge in [0.15, 0.2) is 0 Å². The lowest BCUT2D eigenvalue weighted by molar-refractivity contribution is -0.120. The van der Waals surface area contributed by atoms with Gasteiger partial charge in [0.25, 0.3) is 0 Å². The fraction of sp³-hybridized carbons (Fsp3) is 0.167. The minimum Gasteiger partial charge on any atom is -0.355 e. The number of thioether (sulfide) groups is 1. The Hall–Kier alpha value is -2.18. The Morgan fingerprint density at radius 3 is 2.75 bits per heavy atom. The molecule has 0 fully saturated rings. The van der Waals surface area contributed by atoms with E-state index in [1.807, 2.05) is 53.9 Å². The van der Waals surface area contributed by atoms with Crippen molar-refractivity contribution in [3.8, 4) is 10.6 Å². The van der Waals surface area contributed by atoms with Gasteiger partial charge in [-0.05, 0) is 12.1 Å². The van der Waals surface area contributed by atoms with E-state index in [0.717, 1.165) is 27.0 Å². The van der Waals surface area contributed by atoms with Crippen LogP contribution in [0, 0.1) is 0 Å². The molecule has 122 valence electrons. The third-order valence-electron chi connectivity index (χ3n) is 3.23. The lowest BCUT2D eigenvalue weighted by atomic mass is 10.2. The van der Waals surface area contributed by atoms with Gasteiger partial charge in [0, 0.05) is 29.4 Å². The summed E-state index contributed by atoms with van der Waals surface area (Å²) in [5.74, 6) is 0.802. The zero-order valence-corrected chi connectivity index (χ0v) is 14.6. The van der Waals surface area contributed by atoms with Crippen molar-refractivity contribution in [2.75, 3.05) is 12.3 Å². The topological polar surface area (TPSA) is 54.9 Å². The van der Waals surface area contributed by atoms with Crippen LogP contribution in [0.5, 0.6) is 0 Å². The van der Waals surface area contributed by atoms with E-state index in [1.54, 1.807) is 29.3 Å². The Morgan fingerprint density at radius 1 is 1.12 bits per heavy atom. The van der Waals surface area contributed by atoms with E-state index in [-0.39, 0.29) is 5.91 Å². The van der Waals surface area contributed by atoms with Crippen molar-refractivity contribution in [2.24, 2.45) is 0 Å². The van der Waals surface area contributed by atoms with E-state index >= 15 is 0 Å². The van der Waals surface area contributed by atoms with Crippen LogP contribution in [0.4, 0.5) is 0 Å². The number of nitrogens with one attached hydrogen (secondary N) is 1. The average molecular weight is 355 g/mol. The summed E-state index contributed by atoms with van der Waals surface area (Å²) in [4.78, 5) is 20.8. The molecule has 2 heterocycles. The van der Waals surface area contributed by atoms with Gasteiger partial charge in [-0.3, -0.25) is 4.79 Å². The van der Waals surface area contributed by atoms with Gasteiger partial charge in [-0.1, -0.05) is 36.4 Å². The average Bonchev–Trinajstić information content (AvgIpc) is 3.09. The maximum absolute atomic E-state index is 12.0. The third kappa shape index (κ3) is 4.91. The predicted molar refractivity (Wildman–Crippen MR) is 99.2 cm³/mol. The molecule has 2 aromatic heterocycles. The number of aromatic nitrogens is 2. The number of pyridine rings is 1. The Labute approximate surface area is 149 Å². The van der Waals surface area contributed by atoms with Crippen molar-refractivity contribution >= 4 is 29.0 Å². The fourth-order valence-corrected chi connectivity index (χ4v) is 3.66. The van der Waals surface area contributed by atoms with E-state index in [4.69, 9.17) is 0 Å². The number of hydrogen-bond acceptors (Lipinski definition) is 5. The molecule has 6 heteroatoms. The molecule has 0 aliphatic carbocycles. The number of carbonyl (C=O) groups excluding carboxylic acids is 1. The van der Waals surface area contributed by atoms with Crippen molar-refractivity contribution in [1.29, 1.82) is 0 Å². The van der Waals surface area contributed by atoms with Crippen LogP contribution < -0.4 is 5.32 Å². The first-order valence-electron chi connectivity index (χ1n) is 7.61. The maximum atomic E-state index is 12.0. The van der Waals surface area contributed by atoms with Crippen LogP contribution in [-0.4, -0.2) is 28.2 Å². The second-order valence-electron chi connectivity index (χ2n) is 5.05. The second-order valence-corrected chi connectivity index (χ2v) is 7.03. The highest BCUT2D eigenvalue weighted by Crippen LogP contribution is 2.23. The third-order valence-corrected chi connectivity index (χ3v) is 5.11. The molecule has 0 bridgehead atoms. The molecular formula is C18H17N3OS2. The Kier molecular flexibility index (Phi) is 5.98. The number of benzene rings is 1. The predicted octanol–water partition coefficient (Wildman–Crippen LogP) is 3.66. The molecule has 0 aliphatic rings. The SMILES string of the molecule is O=C(Cc1csc(-c2ccccc2)n1)NCCSc1ccccn1. The first kappa shape index (κ1) is 16.7. The lowest BCUT2D eigenvalue weighted by Crippen LogP contribution is -2.27. The standard InChI is InChI=1S/C18H17N3OS2/c22-16(19-10-11-23-17-8-4-5-9-20-17)12-15-13-24-18(21-15)14-6-2-1-3-7-14/h1-9,13H,10-12H2,(H,19,22). The first-order valence-corrected chi connectivity index (χ1v) is 9.48. The number of rotatable bonds is 7. The number of nitrogens with zero attached hydrogens (tertiary/aromatic N) is 2. The van der Waals surface area contributed by atoms with Crippen LogP contribution in [0.1, 0.15) is 5.69 Å². The molecule has 0 radical (unpaired) electrons. The summed E-state index contributed by atoms with van der Waals surface area (Å²) in [6.07, 6.45) is 2.09. The van der Waals surface area contributed by atoms with Crippen LogP contribution in [-0.2, 0) is 11.2 Å². The lowest BCUT2D eigenvalue weighted by Gasteiger charge is -2.03. The summed E-state index contributed by atoms with van der Waals surface area (Å²) in [6, 6.07) is 15.8. The summed E-state index contributed by atoms with van der Waals surface area (Å²) in [6.45, 7) is 0.621. The monoisotopic (exact) mass is 355 g/mol. The maximum Gasteiger partial charge on any atom is 0.226 e. The smallest absolute Gasteiger partial charge is 0.226 e. The van der Waals surface area contributed by atoms with Crippen molar-refractivity contribution in [1.82, 2.24) is 15.3 Å². The minimum absolute atomic E-state index is 0.00142. The van der Waals surface area contributed by atoms with Gasteiger partial charge in [-0.15, -0.1) is 23.1 Å². The summed E-state index contributed by atoms with van der Waals surface area (Å²) < 4.78 is 0. The number of amides is 1. The summed E-state index contributed by atoms with van der Waals surface area (Å²) >= 11 is 3.20. The molecule has 24 heavy (non-hydrogen) atoms. The van der Waals surface area contributed by atoms with Gasteiger partial charge < -0.3 is 5.32 Å². The molecule has 1 amide bonds. The van der Waals surface area contributed by atoms with E-state index in [1.165, 1.54) is 0 Å². The van der Waals surface area contributed by atoms with Gasteiger partial charge in [-0.25, -0.2) is 9.97 Å². The van der Waals surface area contributed by atoms with Crippen LogP contribution in [0.25, 0.3) is 10.6 Å². The van der Waals surface area contributed by atoms with Gasteiger partial charge >= 0.3 is 0 Å². The largest absolute Gasteiger partial charge is 0.355 e. The molecule has 0 spiro atoms. The normalized spacial score (nSPS) is 10.5. The van der Waals surface area contributed by atoms with Crippen LogP contribution in [0.2, 0.25) is 0 Å². The van der Waals surface area contributed by atoms with Crippen LogP contribution in [0.15, 0.2) is 65.1 Å². The number of hydrogen-bond donors (Lipinski definition) is 1. The first-order chi connectivity index (χ1) is 11.8. The highest BCUT2D eigenvalue weighted by atomic mass is 32.2. The molecule has 3 aromatic rings. The van der Waals surface area contributed by atoms with Crippen molar-refractivity contribution < 1.29 is 4.79 Å². The summed E-state index contributed by atoms with van der Waals surface area (Å²) in [7, 11) is 0. The van der Waals surface area contributed by atoms with E-state index in [0.29, 0.717) is 13.0 Å². The van der Waals surface area contributed by atoms with Crippen molar-refractivity contribution in [3.05, 3.63) is 65.8 Å². The van der Waals surface area contributed by atoms with E-state index in [9.17, 15) is 4.79 Å². The van der Waals surface area contributed by atoms with Crippen LogP contribution >= 0.6 is 23.1 Å². The van der Waals surface area contributed by atoms with Crippen LogP contribution in [0.3, 0.4) is 0 Å². The van der Waals surface area contributed by atoms with Gasteiger partial charge in [0.2, 0.25) is 5.91 Å². The molecule has 1 aromatic carbocycles. The van der Waals surface area contributed by atoms with E-state index < -0.39 is 0 Å². The zero-order valence-electron chi connectivity index (χ0n) is 13.0. The molecule has 0 saturated carbocycles. The molecule has 0 aliphatic heterocycles. The zero-order chi connectivity index (χ0) is 16.6. The number of carbonyl (C=O) groups is 1. The van der Waals surface area contributed by atoms with Gasteiger partial charge in [0.05, 0.1) is 17.1 Å². The Bertz CT molecular complexity index is 775. The van der Waals surface area contributed by atoms with Crippen molar-refractivity contribution in [2.45, 2.75) is 11.4 Å². The fourth-order valence-electron chi connectivity index (χ4n) is 2.11. The molecule has 0 saturated heterocycles. The molecule has 3 rings (SSSR count). The quantitative estimate of drug-likeness (QED) is 0.519.